The molecule has 2 aliphatic carbocycles. The highest BCUT2D eigenvalue weighted by molar-refractivity contribution is 9.10. The first-order chi connectivity index (χ1) is 13.2. The van der Waals surface area contributed by atoms with Crippen LogP contribution in [-0.4, -0.2) is 22.6 Å². The van der Waals surface area contributed by atoms with Crippen LogP contribution in [0.15, 0.2) is 28.9 Å². The van der Waals surface area contributed by atoms with Crippen LogP contribution >= 0.6 is 15.9 Å². The molecule has 2 fully saturated rings. The molecule has 3 rings (SSSR count). The number of pyridine rings is 1. The number of fused-ring (bicyclic) bond motifs is 1. The van der Waals surface area contributed by atoms with Gasteiger partial charge in [-0.1, -0.05) is 25.3 Å². The van der Waals surface area contributed by atoms with Gasteiger partial charge in [0.05, 0.1) is 12.1 Å². The third kappa shape index (κ3) is 5.66. The summed E-state index contributed by atoms with van der Waals surface area (Å²) < 4.78 is 6.58. The average Bonchev–Trinajstić information content (AvgIpc) is 2.61. The maximum atomic E-state index is 12.6. The van der Waals surface area contributed by atoms with Crippen LogP contribution in [0.25, 0.3) is 6.08 Å². The van der Waals surface area contributed by atoms with Crippen LogP contribution < -0.4 is 5.73 Å². The summed E-state index contributed by atoms with van der Waals surface area (Å²) in [5, 5.41) is 0. The van der Waals surface area contributed by atoms with E-state index in [1.807, 2.05) is 39.1 Å². The van der Waals surface area contributed by atoms with Crippen LogP contribution in [0.4, 0.5) is 0 Å². The zero-order chi connectivity index (χ0) is 20.3. The highest BCUT2D eigenvalue weighted by atomic mass is 79.9. The Balaban J connectivity index is 1.81. The molecule has 0 spiro atoms. The molecule has 2 saturated carbocycles. The lowest BCUT2D eigenvalue weighted by molar-refractivity contribution is -0.157. The van der Waals surface area contributed by atoms with Gasteiger partial charge in [0, 0.05) is 16.7 Å². The van der Waals surface area contributed by atoms with Crippen LogP contribution in [0.5, 0.6) is 0 Å². The molecule has 5 heteroatoms. The molecule has 1 aromatic rings. The molecule has 154 valence electrons. The van der Waals surface area contributed by atoms with E-state index < -0.39 is 5.60 Å². The van der Waals surface area contributed by atoms with Crippen molar-refractivity contribution < 1.29 is 9.53 Å². The van der Waals surface area contributed by atoms with Crippen molar-refractivity contribution in [2.45, 2.75) is 70.9 Å². The Bertz CT molecular complexity index is 696. The van der Waals surface area contributed by atoms with Gasteiger partial charge in [-0.3, -0.25) is 9.78 Å². The number of nitrogens with two attached hydrogens (primary N) is 1. The number of carbonyl (C=O) groups is 1. The summed E-state index contributed by atoms with van der Waals surface area (Å²) in [6, 6.07) is 4.05. The van der Waals surface area contributed by atoms with Gasteiger partial charge in [-0.05, 0) is 91.4 Å². The Hall–Kier alpha value is -1.20. The molecular formula is C23H33BrN2O2. The number of esters is 1. The molecule has 0 bridgehead atoms. The fourth-order valence-electron chi connectivity index (χ4n) is 5.01. The summed E-state index contributed by atoms with van der Waals surface area (Å²) in [6.45, 7) is 5.75. The SMILES string of the molecule is CC(C)(C)OC(=O)C[C@@H]1[C@@H](/C=C/c2ccc(Br)cn2)[C@@H]2CCCC[C@H]2C[C@@H]1N. The van der Waals surface area contributed by atoms with E-state index in [0.717, 1.165) is 16.6 Å². The molecule has 0 radical (unpaired) electrons. The fraction of sp³-hybridized carbons (Fsp3) is 0.652. The molecule has 0 aliphatic heterocycles. The van der Waals surface area contributed by atoms with Gasteiger partial charge in [-0.25, -0.2) is 0 Å². The second-order valence-corrected chi connectivity index (χ2v) is 10.3. The van der Waals surface area contributed by atoms with Crippen molar-refractivity contribution in [3.8, 4) is 0 Å². The second kappa shape index (κ2) is 9.08. The number of hydrogen-bond donors (Lipinski definition) is 1. The lowest BCUT2D eigenvalue weighted by atomic mass is 9.59. The van der Waals surface area contributed by atoms with Crippen molar-refractivity contribution in [2.75, 3.05) is 0 Å². The van der Waals surface area contributed by atoms with Crippen molar-refractivity contribution in [3.63, 3.8) is 0 Å². The molecule has 1 aromatic heterocycles. The van der Waals surface area contributed by atoms with Crippen LogP contribution in [0.3, 0.4) is 0 Å². The van der Waals surface area contributed by atoms with Crippen molar-refractivity contribution in [1.82, 2.24) is 4.98 Å². The van der Waals surface area contributed by atoms with Crippen LogP contribution in [0.1, 0.15) is 65.0 Å². The van der Waals surface area contributed by atoms with Gasteiger partial charge < -0.3 is 10.5 Å². The number of aromatic nitrogens is 1. The van der Waals surface area contributed by atoms with Crippen LogP contribution in [0.2, 0.25) is 0 Å². The highest BCUT2D eigenvalue weighted by Gasteiger charge is 2.44. The van der Waals surface area contributed by atoms with Gasteiger partial charge in [-0.2, -0.15) is 0 Å². The number of allylic oxidation sites excluding steroid dienone is 1. The smallest absolute Gasteiger partial charge is 0.306 e. The van der Waals surface area contributed by atoms with Gasteiger partial charge in [0.2, 0.25) is 0 Å². The van der Waals surface area contributed by atoms with E-state index in [9.17, 15) is 4.79 Å². The second-order valence-electron chi connectivity index (χ2n) is 9.40. The first kappa shape index (κ1) is 21.5. The first-order valence-electron chi connectivity index (χ1n) is 10.5. The summed E-state index contributed by atoms with van der Waals surface area (Å²) in [6.07, 6.45) is 12.7. The van der Waals surface area contributed by atoms with Crippen molar-refractivity contribution >= 4 is 28.0 Å². The predicted molar refractivity (Wildman–Crippen MR) is 116 cm³/mol. The van der Waals surface area contributed by atoms with E-state index in [2.05, 4.69) is 33.1 Å². The Kier molecular flexibility index (Phi) is 6.98. The lowest BCUT2D eigenvalue weighted by Gasteiger charge is -2.47. The molecule has 0 saturated heterocycles. The first-order valence-corrected chi connectivity index (χ1v) is 11.3. The lowest BCUT2D eigenvalue weighted by Crippen LogP contribution is -2.48. The minimum Gasteiger partial charge on any atom is -0.460 e. The maximum absolute atomic E-state index is 12.6. The van der Waals surface area contributed by atoms with Gasteiger partial charge in [0.1, 0.15) is 5.60 Å². The standard InChI is InChI=1S/C23H33BrN2O2/c1-23(2,3)28-22(27)13-20-19(11-10-17-9-8-16(24)14-26-17)18-7-5-4-6-15(18)12-21(20)25/h8-11,14-15,18-21H,4-7,12-13,25H2,1-3H3/b11-10+/t15-,18+,19-,20+,21-/m0/s1. The van der Waals surface area contributed by atoms with Gasteiger partial charge in [0.15, 0.2) is 0 Å². The molecule has 28 heavy (non-hydrogen) atoms. The molecular weight excluding hydrogens is 416 g/mol. The quantitative estimate of drug-likeness (QED) is 0.629. The molecule has 5 atom stereocenters. The summed E-state index contributed by atoms with van der Waals surface area (Å²) in [5.74, 6) is 1.56. The third-order valence-corrected chi connectivity index (χ3v) is 6.61. The Labute approximate surface area is 177 Å². The zero-order valence-electron chi connectivity index (χ0n) is 17.2. The number of rotatable bonds is 4. The molecule has 1 heterocycles. The normalized spacial score (nSPS) is 30.8. The molecule has 4 nitrogen and oxygen atoms in total. The van der Waals surface area contributed by atoms with E-state index >= 15 is 0 Å². The van der Waals surface area contributed by atoms with E-state index in [1.165, 1.54) is 25.7 Å². The number of nitrogens with zero attached hydrogens (tertiary/aromatic N) is 1. The fourth-order valence-corrected chi connectivity index (χ4v) is 5.24. The summed E-state index contributed by atoms with van der Waals surface area (Å²) >= 11 is 3.43. The predicted octanol–water partition coefficient (Wildman–Crippen LogP) is 5.36. The topological polar surface area (TPSA) is 65.2 Å². The Morgan fingerprint density at radius 2 is 2.07 bits per heavy atom. The minimum absolute atomic E-state index is 0.0411. The zero-order valence-corrected chi connectivity index (χ0v) is 18.8. The number of halogens is 1. The molecule has 2 aliphatic rings. The minimum atomic E-state index is -0.462. The summed E-state index contributed by atoms with van der Waals surface area (Å²) in [5.41, 5.74) is 7.09. The van der Waals surface area contributed by atoms with Crippen LogP contribution in [-0.2, 0) is 9.53 Å². The van der Waals surface area contributed by atoms with Crippen molar-refractivity contribution in [3.05, 3.63) is 34.6 Å². The summed E-state index contributed by atoms with van der Waals surface area (Å²) in [4.78, 5) is 17.0. The summed E-state index contributed by atoms with van der Waals surface area (Å²) in [7, 11) is 0. The molecule has 2 N–H and O–H groups in total. The van der Waals surface area contributed by atoms with Gasteiger partial charge in [0.25, 0.3) is 0 Å². The highest BCUT2D eigenvalue weighted by Crippen LogP contribution is 2.47. The number of carbonyl (C=O) groups excluding carboxylic acids is 1. The Morgan fingerprint density at radius 1 is 1.32 bits per heavy atom. The Morgan fingerprint density at radius 3 is 2.75 bits per heavy atom. The van der Waals surface area contributed by atoms with E-state index in [0.29, 0.717) is 24.2 Å². The molecule has 0 unspecified atom stereocenters. The molecule has 0 aromatic carbocycles. The van der Waals surface area contributed by atoms with Gasteiger partial charge >= 0.3 is 5.97 Å². The monoisotopic (exact) mass is 448 g/mol. The maximum Gasteiger partial charge on any atom is 0.306 e. The number of ether oxygens (including phenoxy) is 1. The number of hydrogen-bond acceptors (Lipinski definition) is 4. The average molecular weight is 449 g/mol. The molecule has 0 amide bonds. The largest absolute Gasteiger partial charge is 0.460 e. The van der Waals surface area contributed by atoms with E-state index in [-0.39, 0.29) is 17.9 Å². The third-order valence-electron chi connectivity index (χ3n) is 6.14. The van der Waals surface area contributed by atoms with Crippen molar-refractivity contribution in [1.29, 1.82) is 0 Å². The van der Waals surface area contributed by atoms with E-state index in [1.54, 1.807) is 0 Å². The van der Waals surface area contributed by atoms with Crippen LogP contribution in [0, 0.1) is 23.7 Å². The van der Waals surface area contributed by atoms with E-state index in [4.69, 9.17) is 10.5 Å². The van der Waals surface area contributed by atoms with Gasteiger partial charge in [-0.15, -0.1) is 0 Å². The van der Waals surface area contributed by atoms with Crippen molar-refractivity contribution in [2.24, 2.45) is 29.4 Å².